The molecule has 29 heavy (non-hydrogen) atoms. The molecular formula is C23H21N3O2S. The normalized spacial score (nSPS) is 10.8. The molecule has 0 aliphatic rings. The Labute approximate surface area is 173 Å². The van der Waals surface area contributed by atoms with Crippen LogP contribution in [0, 0.1) is 0 Å². The van der Waals surface area contributed by atoms with Crippen LogP contribution in [0.15, 0.2) is 72.4 Å². The highest BCUT2D eigenvalue weighted by Crippen LogP contribution is 2.33. The number of thiophene rings is 1. The summed E-state index contributed by atoms with van der Waals surface area (Å²) in [5, 5.41) is 2.56. The summed E-state index contributed by atoms with van der Waals surface area (Å²) in [4.78, 5) is 24.5. The molecule has 2 aromatic heterocycles. The second kappa shape index (κ2) is 8.84. The van der Waals surface area contributed by atoms with Crippen molar-refractivity contribution in [3.8, 4) is 0 Å². The van der Waals surface area contributed by atoms with E-state index in [9.17, 15) is 4.79 Å². The quantitative estimate of drug-likeness (QED) is 0.403. The van der Waals surface area contributed by atoms with Gasteiger partial charge in [-0.25, -0.2) is 14.8 Å². The van der Waals surface area contributed by atoms with E-state index in [2.05, 4.69) is 39.1 Å². The maximum absolute atomic E-state index is 12.5. The number of ether oxygens (including phenoxy) is 1. The Hall–Kier alpha value is -3.25. The van der Waals surface area contributed by atoms with Gasteiger partial charge in [0.25, 0.3) is 0 Å². The van der Waals surface area contributed by atoms with Crippen molar-refractivity contribution in [1.82, 2.24) is 9.97 Å². The van der Waals surface area contributed by atoms with Gasteiger partial charge in [0.2, 0.25) is 0 Å². The minimum absolute atomic E-state index is 0.330. The topological polar surface area (TPSA) is 55.3 Å². The first-order valence-electron chi connectivity index (χ1n) is 9.48. The molecule has 0 bridgehead atoms. The zero-order valence-corrected chi connectivity index (χ0v) is 16.9. The summed E-state index contributed by atoms with van der Waals surface area (Å²) in [5.41, 5.74) is 2.86. The molecule has 4 aromatic rings. The first kappa shape index (κ1) is 19.1. The molecule has 5 nitrogen and oxygen atoms in total. The van der Waals surface area contributed by atoms with Gasteiger partial charge in [-0.15, -0.1) is 11.3 Å². The van der Waals surface area contributed by atoms with Gasteiger partial charge in [0.05, 0.1) is 17.6 Å². The molecule has 0 saturated heterocycles. The lowest BCUT2D eigenvalue weighted by Gasteiger charge is -2.25. The molecule has 0 N–H and O–H groups in total. The third-order valence-electron chi connectivity index (χ3n) is 4.58. The molecule has 0 aliphatic heterocycles. The molecule has 0 aliphatic carbocycles. The molecule has 0 fully saturated rings. The summed E-state index contributed by atoms with van der Waals surface area (Å²) < 4.78 is 5.26. The van der Waals surface area contributed by atoms with Gasteiger partial charge in [-0.05, 0) is 18.1 Å². The smallest absolute Gasteiger partial charge is 0.339 e. The standard InChI is InChI=1S/C23H21N3O2S/c1-2-28-23(27)19-15-29-22-20(19)21(24-16-25-22)26(13-17-9-5-3-6-10-17)14-18-11-7-4-8-12-18/h3-12,15-16H,2,13-14H2,1H3. The van der Waals surface area contributed by atoms with E-state index in [1.807, 2.05) is 41.8 Å². The lowest BCUT2D eigenvalue weighted by atomic mass is 10.1. The van der Waals surface area contributed by atoms with Crippen molar-refractivity contribution in [3.63, 3.8) is 0 Å². The summed E-state index contributed by atoms with van der Waals surface area (Å²) in [6.45, 7) is 3.47. The van der Waals surface area contributed by atoms with Crippen molar-refractivity contribution in [2.45, 2.75) is 20.0 Å². The number of anilines is 1. The number of aromatic nitrogens is 2. The lowest BCUT2D eigenvalue weighted by Crippen LogP contribution is -2.24. The number of hydrogen-bond acceptors (Lipinski definition) is 6. The van der Waals surface area contributed by atoms with E-state index in [1.165, 1.54) is 22.5 Å². The Morgan fingerprint density at radius 3 is 2.17 bits per heavy atom. The highest BCUT2D eigenvalue weighted by atomic mass is 32.1. The Bertz CT molecular complexity index is 1060. The minimum atomic E-state index is -0.339. The van der Waals surface area contributed by atoms with E-state index in [0.29, 0.717) is 25.3 Å². The van der Waals surface area contributed by atoms with Crippen LogP contribution < -0.4 is 4.90 Å². The summed E-state index contributed by atoms with van der Waals surface area (Å²) in [6, 6.07) is 20.5. The Morgan fingerprint density at radius 2 is 1.59 bits per heavy atom. The van der Waals surface area contributed by atoms with Gasteiger partial charge in [0, 0.05) is 18.5 Å². The predicted octanol–water partition coefficient (Wildman–Crippen LogP) is 5.07. The number of benzene rings is 2. The minimum Gasteiger partial charge on any atom is -0.462 e. The fraction of sp³-hybridized carbons (Fsp3) is 0.174. The molecule has 146 valence electrons. The van der Waals surface area contributed by atoms with E-state index in [-0.39, 0.29) is 5.97 Å². The van der Waals surface area contributed by atoms with Gasteiger partial charge in [-0.1, -0.05) is 60.7 Å². The van der Waals surface area contributed by atoms with Gasteiger partial charge in [0.1, 0.15) is 17.0 Å². The third-order valence-corrected chi connectivity index (χ3v) is 5.46. The molecule has 2 aromatic carbocycles. The Balaban J connectivity index is 1.80. The van der Waals surface area contributed by atoms with E-state index in [1.54, 1.807) is 13.3 Å². The van der Waals surface area contributed by atoms with Gasteiger partial charge in [0.15, 0.2) is 0 Å². The molecule has 0 unspecified atom stereocenters. The zero-order valence-electron chi connectivity index (χ0n) is 16.1. The second-order valence-electron chi connectivity index (χ2n) is 6.57. The Morgan fingerprint density at radius 1 is 0.966 bits per heavy atom. The highest BCUT2D eigenvalue weighted by Gasteiger charge is 2.22. The number of carbonyl (C=O) groups excluding carboxylic acids is 1. The second-order valence-corrected chi connectivity index (χ2v) is 7.43. The molecule has 0 amide bonds. The summed E-state index contributed by atoms with van der Waals surface area (Å²) >= 11 is 1.43. The summed E-state index contributed by atoms with van der Waals surface area (Å²) in [6.07, 6.45) is 1.56. The number of nitrogens with zero attached hydrogens (tertiary/aromatic N) is 3. The number of rotatable bonds is 7. The van der Waals surface area contributed by atoms with Crippen molar-refractivity contribution in [2.75, 3.05) is 11.5 Å². The van der Waals surface area contributed by atoms with Crippen LogP contribution in [0.2, 0.25) is 0 Å². The number of carbonyl (C=O) groups is 1. The molecule has 0 spiro atoms. The molecular weight excluding hydrogens is 382 g/mol. The number of fused-ring (bicyclic) bond motifs is 1. The van der Waals surface area contributed by atoms with E-state index >= 15 is 0 Å². The van der Waals surface area contributed by atoms with Crippen molar-refractivity contribution in [1.29, 1.82) is 0 Å². The first-order valence-corrected chi connectivity index (χ1v) is 10.4. The third kappa shape index (κ3) is 4.27. The van der Waals surface area contributed by atoms with Gasteiger partial charge >= 0.3 is 5.97 Å². The van der Waals surface area contributed by atoms with Crippen LogP contribution in [0.25, 0.3) is 10.2 Å². The van der Waals surface area contributed by atoms with Crippen molar-refractivity contribution < 1.29 is 9.53 Å². The molecule has 2 heterocycles. The van der Waals surface area contributed by atoms with E-state index in [4.69, 9.17) is 4.74 Å². The average Bonchev–Trinajstić information content (AvgIpc) is 3.19. The lowest BCUT2D eigenvalue weighted by molar-refractivity contribution is 0.0529. The highest BCUT2D eigenvalue weighted by molar-refractivity contribution is 7.17. The molecule has 0 atom stereocenters. The SMILES string of the molecule is CCOC(=O)c1csc2ncnc(N(Cc3ccccc3)Cc3ccccc3)c12. The predicted molar refractivity (Wildman–Crippen MR) is 116 cm³/mol. The zero-order chi connectivity index (χ0) is 20.1. The van der Waals surface area contributed by atoms with Crippen molar-refractivity contribution in [3.05, 3.63) is 89.1 Å². The van der Waals surface area contributed by atoms with Gasteiger partial charge in [-0.2, -0.15) is 0 Å². The molecule has 6 heteroatoms. The average molecular weight is 404 g/mol. The fourth-order valence-corrected chi connectivity index (χ4v) is 4.14. The number of esters is 1. The first-order chi connectivity index (χ1) is 14.3. The number of hydrogen-bond donors (Lipinski definition) is 0. The van der Waals surface area contributed by atoms with Crippen LogP contribution >= 0.6 is 11.3 Å². The molecule has 0 radical (unpaired) electrons. The van der Waals surface area contributed by atoms with Crippen LogP contribution in [-0.2, 0) is 17.8 Å². The monoisotopic (exact) mass is 403 g/mol. The van der Waals surface area contributed by atoms with Crippen LogP contribution in [-0.4, -0.2) is 22.5 Å². The van der Waals surface area contributed by atoms with E-state index < -0.39 is 0 Å². The van der Waals surface area contributed by atoms with Crippen molar-refractivity contribution >= 4 is 33.3 Å². The van der Waals surface area contributed by atoms with Crippen LogP contribution in [0.5, 0.6) is 0 Å². The Kier molecular flexibility index (Phi) is 5.81. The van der Waals surface area contributed by atoms with Crippen LogP contribution in [0.4, 0.5) is 5.82 Å². The fourth-order valence-electron chi connectivity index (χ4n) is 3.27. The van der Waals surface area contributed by atoms with E-state index in [0.717, 1.165) is 16.0 Å². The van der Waals surface area contributed by atoms with Crippen LogP contribution in [0.3, 0.4) is 0 Å². The summed E-state index contributed by atoms with van der Waals surface area (Å²) in [5.74, 6) is 0.404. The molecule has 4 rings (SSSR count). The van der Waals surface area contributed by atoms with Crippen molar-refractivity contribution in [2.24, 2.45) is 0 Å². The largest absolute Gasteiger partial charge is 0.462 e. The van der Waals surface area contributed by atoms with Gasteiger partial charge < -0.3 is 9.64 Å². The molecule has 0 saturated carbocycles. The maximum Gasteiger partial charge on any atom is 0.339 e. The maximum atomic E-state index is 12.5. The summed E-state index contributed by atoms with van der Waals surface area (Å²) in [7, 11) is 0. The van der Waals surface area contributed by atoms with Crippen LogP contribution in [0.1, 0.15) is 28.4 Å². The van der Waals surface area contributed by atoms with Gasteiger partial charge in [-0.3, -0.25) is 0 Å².